The minimum absolute atomic E-state index is 0.103. The van der Waals surface area contributed by atoms with Gasteiger partial charge in [0.1, 0.15) is 5.82 Å². The van der Waals surface area contributed by atoms with Gasteiger partial charge in [-0.1, -0.05) is 35.9 Å². The van der Waals surface area contributed by atoms with Crippen LogP contribution < -0.4 is 0 Å². The summed E-state index contributed by atoms with van der Waals surface area (Å²) in [6.45, 7) is 5.34. The van der Waals surface area contributed by atoms with Gasteiger partial charge >= 0.3 is 5.97 Å². The quantitative estimate of drug-likeness (QED) is 0.479. The zero-order valence-corrected chi connectivity index (χ0v) is 20.0. The molecular weight excluding hydrogens is 445 g/mol. The smallest absolute Gasteiger partial charge is 0.303 e. The molecule has 7 heteroatoms. The predicted octanol–water partition coefficient (Wildman–Crippen LogP) is 4.95. The van der Waals surface area contributed by atoms with Crippen molar-refractivity contribution >= 4 is 17.6 Å². The molecule has 0 amide bonds. The Morgan fingerprint density at radius 2 is 2.12 bits per heavy atom. The summed E-state index contributed by atoms with van der Waals surface area (Å²) in [6, 6.07) is 11.2. The van der Waals surface area contributed by atoms with E-state index in [0.717, 1.165) is 36.4 Å². The number of aliphatic carboxylic acids is 1. The minimum Gasteiger partial charge on any atom is -0.481 e. The van der Waals surface area contributed by atoms with Crippen molar-refractivity contribution in [3.05, 3.63) is 69.5 Å². The van der Waals surface area contributed by atoms with Crippen LogP contribution in [0.25, 0.3) is 0 Å². The summed E-state index contributed by atoms with van der Waals surface area (Å²) in [7, 11) is 0. The van der Waals surface area contributed by atoms with Crippen LogP contribution >= 0.6 is 11.6 Å². The van der Waals surface area contributed by atoms with E-state index < -0.39 is 24.0 Å². The van der Waals surface area contributed by atoms with Gasteiger partial charge in [-0.3, -0.25) is 9.69 Å². The maximum Gasteiger partial charge on any atom is 0.303 e. The average molecular weight is 478 g/mol. The van der Waals surface area contributed by atoms with Crippen molar-refractivity contribution < 1.29 is 24.1 Å². The normalized spacial score (nSPS) is 18.4. The van der Waals surface area contributed by atoms with Crippen LogP contribution in [0.5, 0.6) is 0 Å². The van der Waals surface area contributed by atoms with E-state index in [9.17, 15) is 14.3 Å². The van der Waals surface area contributed by atoms with Gasteiger partial charge in [0.15, 0.2) is 0 Å². The monoisotopic (exact) mass is 477 g/mol. The minimum atomic E-state index is -0.971. The molecule has 2 aromatic carbocycles. The fourth-order valence-corrected chi connectivity index (χ4v) is 4.73. The zero-order chi connectivity index (χ0) is 24.0. The third-order valence-corrected chi connectivity index (χ3v) is 6.78. The lowest BCUT2D eigenvalue weighted by atomic mass is 9.98. The molecule has 33 heavy (non-hydrogen) atoms. The molecule has 1 aliphatic heterocycles. The number of hydrogen-bond donors (Lipinski definition) is 2. The van der Waals surface area contributed by atoms with Gasteiger partial charge in [0.05, 0.1) is 18.8 Å². The number of aliphatic hydroxyl groups is 1. The Hall–Kier alpha value is -1.99. The topological polar surface area (TPSA) is 70.0 Å². The second-order valence-electron chi connectivity index (χ2n) is 8.91. The van der Waals surface area contributed by atoms with E-state index in [1.54, 1.807) is 19.1 Å². The van der Waals surface area contributed by atoms with Crippen LogP contribution in [0.4, 0.5) is 4.39 Å². The summed E-state index contributed by atoms with van der Waals surface area (Å²) in [5.41, 5.74) is 3.24. The first-order chi connectivity index (χ1) is 15.7. The number of carbonyl (C=O) groups is 1. The number of carboxylic acids is 1. The Morgan fingerprint density at radius 1 is 1.33 bits per heavy atom. The van der Waals surface area contributed by atoms with Gasteiger partial charge < -0.3 is 14.9 Å². The van der Waals surface area contributed by atoms with Crippen LogP contribution in [0.15, 0.2) is 36.4 Å². The van der Waals surface area contributed by atoms with E-state index in [4.69, 9.17) is 21.4 Å². The predicted molar refractivity (Wildman–Crippen MR) is 127 cm³/mol. The van der Waals surface area contributed by atoms with E-state index in [-0.39, 0.29) is 19.4 Å². The molecule has 1 saturated heterocycles. The number of hydrogen-bond acceptors (Lipinski definition) is 4. The summed E-state index contributed by atoms with van der Waals surface area (Å²) in [4.78, 5) is 13.2. The first kappa shape index (κ1) is 25.6. The second-order valence-corrected chi connectivity index (χ2v) is 9.32. The van der Waals surface area contributed by atoms with E-state index >= 15 is 0 Å². The van der Waals surface area contributed by atoms with E-state index in [0.29, 0.717) is 23.7 Å². The zero-order valence-electron chi connectivity index (χ0n) is 19.3. The molecule has 0 radical (unpaired) electrons. The average Bonchev–Trinajstić information content (AvgIpc) is 3.19. The van der Waals surface area contributed by atoms with Gasteiger partial charge in [0, 0.05) is 24.0 Å². The number of aliphatic hydroxyl groups excluding tert-OH is 1. The van der Waals surface area contributed by atoms with Crippen molar-refractivity contribution in [2.45, 2.75) is 64.2 Å². The van der Waals surface area contributed by atoms with Crippen molar-refractivity contribution in [3.63, 3.8) is 0 Å². The number of carboxylic acid groups (broad SMARTS) is 1. The summed E-state index contributed by atoms with van der Waals surface area (Å²) in [5, 5.41) is 20.4. The molecule has 2 aromatic rings. The molecular formula is C26H33ClFNO4. The van der Waals surface area contributed by atoms with E-state index in [2.05, 4.69) is 11.0 Å². The number of rotatable bonds is 11. The number of benzene rings is 2. The number of aryl methyl sites for hydroxylation is 1. The molecule has 0 bridgehead atoms. The summed E-state index contributed by atoms with van der Waals surface area (Å²) in [6.07, 6.45) is 1.88. The van der Waals surface area contributed by atoms with Crippen LogP contribution in [0, 0.1) is 12.7 Å². The third kappa shape index (κ3) is 7.24. The Labute approximate surface area is 200 Å². The fraction of sp³-hybridized carbons (Fsp3) is 0.500. The van der Waals surface area contributed by atoms with Crippen LogP contribution in [-0.2, 0) is 22.4 Å². The molecule has 180 valence electrons. The van der Waals surface area contributed by atoms with E-state index in [1.807, 2.05) is 19.1 Å². The Morgan fingerprint density at radius 3 is 2.85 bits per heavy atom. The first-order valence-electron chi connectivity index (χ1n) is 11.5. The molecule has 1 fully saturated rings. The van der Waals surface area contributed by atoms with Gasteiger partial charge in [-0.25, -0.2) is 4.39 Å². The molecule has 1 aliphatic rings. The number of nitrogens with zero attached hydrogens (tertiary/aromatic N) is 1. The highest BCUT2D eigenvalue weighted by atomic mass is 35.5. The van der Waals surface area contributed by atoms with Crippen molar-refractivity contribution in [1.29, 1.82) is 0 Å². The number of β-amino-alcohol motifs (C(OH)–C–C–N with tert-alkyl or cyclic N) is 1. The second kappa shape index (κ2) is 11.9. The molecule has 0 unspecified atom stereocenters. The number of ether oxygens (including phenoxy) is 1. The standard InChI is InChI=1S/C26H33ClFNO4/c1-17-8-9-19(14-24(17)27)13-20-5-4-12-29(20)15-21(30)16-33-18(2)22-6-3-7-25(28)23(22)10-11-26(31)32/h3,6-9,14,18,20-21,30H,4-5,10-13,15-16H2,1-2H3,(H,31,32)/t18-,20+,21-/m1/s1. The molecule has 3 rings (SSSR count). The van der Waals surface area contributed by atoms with Crippen molar-refractivity contribution in [3.8, 4) is 0 Å². The Balaban J connectivity index is 1.54. The summed E-state index contributed by atoms with van der Waals surface area (Å²) < 4.78 is 20.2. The molecule has 0 saturated carbocycles. The van der Waals surface area contributed by atoms with E-state index in [1.165, 1.54) is 11.6 Å². The van der Waals surface area contributed by atoms with Crippen LogP contribution in [0.1, 0.15) is 54.5 Å². The maximum absolute atomic E-state index is 14.3. The maximum atomic E-state index is 14.3. The highest BCUT2D eigenvalue weighted by Gasteiger charge is 2.27. The number of halogens is 2. The van der Waals surface area contributed by atoms with Crippen LogP contribution in [0.3, 0.4) is 0 Å². The van der Waals surface area contributed by atoms with Crippen molar-refractivity contribution in [1.82, 2.24) is 4.90 Å². The van der Waals surface area contributed by atoms with Crippen molar-refractivity contribution in [2.24, 2.45) is 0 Å². The molecule has 0 aromatic heterocycles. The Bertz CT molecular complexity index is 954. The highest BCUT2D eigenvalue weighted by Crippen LogP contribution is 2.26. The van der Waals surface area contributed by atoms with Gasteiger partial charge in [-0.15, -0.1) is 0 Å². The molecule has 2 N–H and O–H groups in total. The van der Waals surface area contributed by atoms with Crippen LogP contribution in [0.2, 0.25) is 5.02 Å². The SMILES string of the molecule is Cc1ccc(C[C@@H]2CCCN2C[C@@H](O)CO[C@H](C)c2cccc(F)c2CCC(=O)O)cc1Cl. The molecule has 0 aliphatic carbocycles. The lowest BCUT2D eigenvalue weighted by molar-refractivity contribution is -0.136. The fourth-order valence-electron chi connectivity index (χ4n) is 4.52. The van der Waals surface area contributed by atoms with Gasteiger partial charge in [-0.2, -0.15) is 0 Å². The first-order valence-corrected chi connectivity index (χ1v) is 11.9. The summed E-state index contributed by atoms with van der Waals surface area (Å²) in [5.74, 6) is -1.40. The molecule has 5 nitrogen and oxygen atoms in total. The third-order valence-electron chi connectivity index (χ3n) is 6.37. The Kier molecular flexibility index (Phi) is 9.27. The van der Waals surface area contributed by atoms with Crippen LogP contribution in [-0.4, -0.2) is 52.9 Å². The lowest BCUT2D eigenvalue weighted by Gasteiger charge is -2.28. The van der Waals surface area contributed by atoms with Gasteiger partial charge in [0.25, 0.3) is 0 Å². The largest absolute Gasteiger partial charge is 0.481 e. The highest BCUT2D eigenvalue weighted by molar-refractivity contribution is 6.31. The molecule has 1 heterocycles. The molecule has 3 atom stereocenters. The summed E-state index contributed by atoms with van der Waals surface area (Å²) >= 11 is 6.27. The molecule has 0 spiro atoms. The van der Waals surface area contributed by atoms with Gasteiger partial charge in [-0.05, 0) is 80.5 Å². The van der Waals surface area contributed by atoms with Gasteiger partial charge in [0.2, 0.25) is 0 Å². The number of likely N-dealkylation sites (tertiary alicyclic amines) is 1. The lowest BCUT2D eigenvalue weighted by Crippen LogP contribution is -2.39. The van der Waals surface area contributed by atoms with Crippen molar-refractivity contribution in [2.75, 3.05) is 19.7 Å².